The molecule has 4 amide bonds. The highest BCUT2D eigenvalue weighted by atomic mass is 19.1. The number of hydrazone groups is 1. The van der Waals surface area contributed by atoms with Crippen LogP contribution in [0.4, 0.5) is 9.18 Å². The standard InChI is InChI=1S/C29H34FN5O6/c1-28(2,32-27(39)40)25(37)31-22(14-16-41-21-11-9-20(30)10-12-21)24(36)35-15-13-23-29(18-35,26(38)34(3)33-23)17-19-7-5-4-6-8-19/h4-12,22,32H,13-18H2,1-3H3,(H,31,37)(H,39,40). The zero-order chi connectivity index (χ0) is 29.8. The first kappa shape index (κ1) is 29.5. The van der Waals surface area contributed by atoms with Crippen LogP contribution in [0.1, 0.15) is 32.3 Å². The number of likely N-dealkylation sites (tertiary alicyclic amines) is 1. The molecule has 2 heterocycles. The van der Waals surface area contributed by atoms with Crippen molar-refractivity contribution < 1.29 is 33.4 Å². The number of nitrogens with zero attached hydrogens (tertiary/aromatic N) is 3. The Bertz CT molecular complexity index is 1330. The maximum atomic E-state index is 13.9. The lowest BCUT2D eigenvalue weighted by Gasteiger charge is -2.41. The first-order chi connectivity index (χ1) is 19.4. The number of ether oxygens (including phenoxy) is 1. The van der Waals surface area contributed by atoms with Crippen LogP contribution in [0.5, 0.6) is 5.75 Å². The third kappa shape index (κ3) is 6.64. The highest BCUT2D eigenvalue weighted by molar-refractivity contribution is 6.13. The summed E-state index contributed by atoms with van der Waals surface area (Å²) in [4.78, 5) is 53.3. The summed E-state index contributed by atoms with van der Waals surface area (Å²) >= 11 is 0. The Morgan fingerprint density at radius 2 is 1.83 bits per heavy atom. The number of carboxylic acid groups (broad SMARTS) is 1. The highest BCUT2D eigenvalue weighted by Crippen LogP contribution is 2.38. The number of hydrogen-bond acceptors (Lipinski definition) is 6. The molecule has 0 aliphatic carbocycles. The van der Waals surface area contributed by atoms with Crippen molar-refractivity contribution >= 4 is 29.5 Å². The molecule has 2 atom stereocenters. The predicted molar refractivity (Wildman–Crippen MR) is 148 cm³/mol. The quantitative estimate of drug-likeness (QED) is 0.403. The summed E-state index contributed by atoms with van der Waals surface area (Å²) in [6.45, 7) is 3.14. The van der Waals surface area contributed by atoms with Crippen LogP contribution in [0, 0.1) is 11.2 Å². The van der Waals surface area contributed by atoms with Crippen LogP contribution in [0.15, 0.2) is 59.7 Å². The molecule has 0 aromatic heterocycles. The molecule has 41 heavy (non-hydrogen) atoms. The second-order valence-corrected chi connectivity index (χ2v) is 10.8. The molecule has 11 nitrogen and oxygen atoms in total. The van der Waals surface area contributed by atoms with Crippen molar-refractivity contribution in [2.24, 2.45) is 10.5 Å². The van der Waals surface area contributed by atoms with Crippen LogP contribution in [0.3, 0.4) is 0 Å². The van der Waals surface area contributed by atoms with Gasteiger partial charge in [0.15, 0.2) is 0 Å². The van der Waals surface area contributed by atoms with Crippen molar-refractivity contribution in [2.45, 2.75) is 44.7 Å². The minimum absolute atomic E-state index is 0.00643. The van der Waals surface area contributed by atoms with E-state index in [0.717, 1.165) is 5.56 Å². The molecule has 2 aliphatic rings. The van der Waals surface area contributed by atoms with Crippen molar-refractivity contribution in [1.82, 2.24) is 20.5 Å². The number of hydrogen-bond donors (Lipinski definition) is 3. The van der Waals surface area contributed by atoms with Crippen molar-refractivity contribution in [3.8, 4) is 5.75 Å². The van der Waals surface area contributed by atoms with Gasteiger partial charge in [0.1, 0.15) is 28.6 Å². The van der Waals surface area contributed by atoms with E-state index in [4.69, 9.17) is 9.84 Å². The number of piperidine rings is 1. The minimum Gasteiger partial charge on any atom is -0.493 e. The monoisotopic (exact) mass is 567 g/mol. The normalized spacial score (nSPS) is 19.2. The fourth-order valence-electron chi connectivity index (χ4n) is 5.18. The van der Waals surface area contributed by atoms with Crippen LogP contribution in [0.2, 0.25) is 0 Å². The van der Waals surface area contributed by atoms with E-state index in [2.05, 4.69) is 15.7 Å². The lowest BCUT2D eigenvalue weighted by atomic mass is 9.73. The van der Waals surface area contributed by atoms with Crippen LogP contribution in [-0.4, -0.2) is 82.9 Å². The van der Waals surface area contributed by atoms with Gasteiger partial charge in [-0.25, -0.2) is 14.2 Å². The van der Waals surface area contributed by atoms with Gasteiger partial charge in [-0.1, -0.05) is 30.3 Å². The number of nitrogens with one attached hydrogen (secondary N) is 2. The number of amides is 4. The van der Waals surface area contributed by atoms with Gasteiger partial charge in [0.05, 0.1) is 12.3 Å². The number of benzene rings is 2. The maximum Gasteiger partial charge on any atom is 0.405 e. The SMILES string of the molecule is CN1N=C2CCN(C(=O)C(CCOc3ccc(F)cc3)NC(=O)C(C)(C)NC(=O)O)CC2(Cc2ccccc2)C1=O. The van der Waals surface area contributed by atoms with Gasteiger partial charge in [-0.2, -0.15) is 5.10 Å². The number of carbonyl (C=O) groups is 4. The van der Waals surface area contributed by atoms with Gasteiger partial charge < -0.3 is 25.4 Å². The van der Waals surface area contributed by atoms with E-state index in [9.17, 15) is 23.6 Å². The summed E-state index contributed by atoms with van der Waals surface area (Å²) in [7, 11) is 1.60. The summed E-state index contributed by atoms with van der Waals surface area (Å²) in [6.07, 6.45) is -0.600. The summed E-state index contributed by atoms with van der Waals surface area (Å²) in [5.41, 5.74) is -0.919. The minimum atomic E-state index is -1.53. The van der Waals surface area contributed by atoms with E-state index >= 15 is 0 Å². The largest absolute Gasteiger partial charge is 0.493 e. The average molecular weight is 568 g/mol. The number of carbonyl (C=O) groups excluding carboxylic acids is 3. The van der Waals surface area contributed by atoms with Gasteiger partial charge in [-0.15, -0.1) is 0 Å². The number of rotatable bonds is 10. The Morgan fingerprint density at radius 3 is 2.49 bits per heavy atom. The average Bonchev–Trinajstić information content (AvgIpc) is 3.17. The third-order valence-electron chi connectivity index (χ3n) is 7.35. The smallest absolute Gasteiger partial charge is 0.405 e. The van der Waals surface area contributed by atoms with E-state index in [1.54, 1.807) is 11.9 Å². The van der Waals surface area contributed by atoms with E-state index in [1.165, 1.54) is 43.1 Å². The molecule has 2 aliphatic heterocycles. The second-order valence-electron chi connectivity index (χ2n) is 10.8. The van der Waals surface area contributed by atoms with Crippen molar-refractivity contribution in [2.75, 3.05) is 26.7 Å². The third-order valence-corrected chi connectivity index (χ3v) is 7.35. The van der Waals surface area contributed by atoms with Gasteiger partial charge in [0.25, 0.3) is 5.91 Å². The van der Waals surface area contributed by atoms with Crippen LogP contribution < -0.4 is 15.4 Å². The molecule has 2 aromatic rings. The summed E-state index contributed by atoms with van der Waals surface area (Å²) in [5.74, 6) is -1.37. The molecule has 12 heteroatoms. The van der Waals surface area contributed by atoms with Gasteiger partial charge in [-0.3, -0.25) is 14.4 Å². The molecule has 3 N–H and O–H groups in total. The first-order valence-electron chi connectivity index (χ1n) is 13.3. The molecule has 0 saturated carbocycles. The van der Waals surface area contributed by atoms with Crippen molar-refractivity contribution in [1.29, 1.82) is 0 Å². The molecule has 0 spiro atoms. The molecule has 4 rings (SSSR count). The van der Waals surface area contributed by atoms with Crippen molar-refractivity contribution in [3.05, 3.63) is 66.0 Å². The second kappa shape index (κ2) is 11.9. The van der Waals surface area contributed by atoms with Gasteiger partial charge in [0.2, 0.25) is 11.8 Å². The molecule has 1 saturated heterocycles. The van der Waals surface area contributed by atoms with E-state index in [-0.39, 0.29) is 32.0 Å². The van der Waals surface area contributed by atoms with Crippen LogP contribution in [0.25, 0.3) is 0 Å². The van der Waals surface area contributed by atoms with Gasteiger partial charge in [0, 0.05) is 33.0 Å². The Kier molecular flexibility index (Phi) is 8.60. The summed E-state index contributed by atoms with van der Waals surface area (Å²) < 4.78 is 19.0. The molecule has 0 bridgehead atoms. The Morgan fingerprint density at radius 1 is 1.15 bits per heavy atom. The Labute approximate surface area is 237 Å². The molecule has 2 aromatic carbocycles. The maximum absolute atomic E-state index is 13.9. The van der Waals surface area contributed by atoms with E-state index in [0.29, 0.717) is 24.3 Å². The van der Waals surface area contributed by atoms with Crippen LogP contribution in [-0.2, 0) is 20.8 Å². The predicted octanol–water partition coefficient (Wildman–Crippen LogP) is 2.42. The highest BCUT2D eigenvalue weighted by Gasteiger charge is 2.54. The Balaban J connectivity index is 1.56. The zero-order valence-corrected chi connectivity index (χ0v) is 23.2. The molecule has 218 valence electrons. The van der Waals surface area contributed by atoms with E-state index in [1.807, 2.05) is 30.3 Å². The van der Waals surface area contributed by atoms with Gasteiger partial charge >= 0.3 is 6.09 Å². The van der Waals surface area contributed by atoms with Gasteiger partial charge in [-0.05, 0) is 50.1 Å². The summed E-state index contributed by atoms with van der Waals surface area (Å²) in [6, 6.07) is 13.8. The molecular formula is C29H34FN5O6. The first-order valence-corrected chi connectivity index (χ1v) is 13.3. The lowest BCUT2D eigenvalue weighted by Crippen LogP contribution is -2.62. The molecule has 2 unspecified atom stereocenters. The van der Waals surface area contributed by atoms with Crippen molar-refractivity contribution in [3.63, 3.8) is 0 Å². The fourth-order valence-corrected chi connectivity index (χ4v) is 5.18. The topological polar surface area (TPSA) is 141 Å². The van der Waals surface area contributed by atoms with Crippen LogP contribution >= 0.6 is 0 Å². The molecule has 0 radical (unpaired) electrons. The fraction of sp³-hybridized carbons (Fsp3) is 0.414. The Hall–Kier alpha value is -4.48. The zero-order valence-electron chi connectivity index (χ0n) is 23.2. The molecular weight excluding hydrogens is 533 g/mol. The molecule has 1 fully saturated rings. The van der Waals surface area contributed by atoms with E-state index < -0.39 is 40.7 Å². The number of halogens is 1. The summed E-state index contributed by atoms with van der Waals surface area (Å²) in [5, 5.41) is 19.8. The lowest BCUT2D eigenvalue weighted by molar-refractivity contribution is -0.142. The number of fused-ring (bicyclic) bond motifs is 1.